The second-order valence-corrected chi connectivity index (χ2v) is 4.98. The highest BCUT2D eigenvalue weighted by molar-refractivity contribution is 5.40. The molecule has 16 heavy (non-hydrogen) atoms. The van der Waals surface area contributed by atoms with E-state index in [1.54, 1.807) is 19.2 Å². The number of aliphatic hydroxyl groups excluding tert-OH is 1. The number of methoxy groups -OCH3 is 1. The first-order valence-electron chi connectivity index (χ1n) is 5.49. The van der Waals surface area contributed by atoms with Crippen LogP contribution < -0.4 is 4.74 Å². The van der Waals surface area contributed by atoms with Crippen LogP contribution in [0.2, 0.25) is 0 Å². The molecule has 2 nitrogen and oxygen atoms in total. The van der Waals surface area contributed by atoms with E-state index in [0.717, 1.165) is 0 Å². The lowest BCUT2D eigenvalue weighted by Crippen LogP contribution is -2.47. The predicted molar refractivity (Wildman–Crippen MR) is 60.1 cm³/mol. The van der Waals surface area contributed by atoms with Gasteiger partial charge < -0.3 is 9.84 Å². The molecule has 0 aliphatic heterocycles. The molecular weight excluding hydrogens is 207 g/mol. The summed E-state index contributed by atoms with van der Waals surface area (Å²) in [4.78, 5) is 0. The van der Waals surface area contributed by atoms with E-state index in [1.165, 1.54) is 6.07 Å². The fourth-order valence-electron chi connectivity index (χ4n) is 2.43. The molecule has 0 bridgehead atoms. The van der Waals surface area contributed by atoms with Crippen LogP contribution in [-0.2, 0) is 0 Å². The molecule has 0 radical (unpaired) electrons. The summed E-state index contributed by atoms with van der Waals surface area (Å²) in [6, 6.07) is 4.84. The minimum absolute atomic E-state index is 0.0265. The maximum Gasteiger partial charge on any atom is 0.130 e. The molecule has 2 unspecified atom stereocenters. The van der Waals surface area contributed by atoms with Crippen LogP contribution in [0.15, 0.2) is 18.2 Å². The first-order chi connectivity index (χ1) is 7.48. The molecule has 1 saturated carbocycles. The van der Waals surface area contributed by atoms with Gasteiger partial charge in [-0.2, -0.15) is 0 Å². The third-order valence-electron chi connectivity index (χ3n) is 3.80. The third-order valence-corrected chi connectivity index (χ3v) is 3.80. The second kappa shape index (κ2) is 3.74. The van der Waals surface area contributed by atoms with Crippen LogP contribution in [0.3, 0.4) is 0 Å². The zero-order valence-corrected chi connectivity index (χ0v) is 9.83. The Labute approximate surface area is 95.1 Å². The average molecular weight is 224 g/mol. The van der Waals surface area contributed by atoms with Gasteiger partial charge in [-0.1, -0.05) is 19.9 Å². The SMILES string of the molecule is COc1cccc(F)c1C1CC(O)C1(C)C. The van der Waals surface area contributed by atoms with E-state index in [2.05, 4.69) is 0 Å². The fourth-order valence-corrected chi connectivity index (χ4v) is 2.43. The van der Waals surface area contributed by atoms with Gasteiger partial charge in [0.15, 0.2) is 0 Å². The van der Waals surface area contributed by atoms with E-state index in [4.69, 9.17) is 4.74 Å². The maximum absolute atomic E-state index is 13.8. The number of benzene rings is 1. The first-order valence-corrected chi connectivity index (χ1v) is 5.49. The Balaban J connectivity index is 2.42. The van der Waals surface area contributed by atoms with Crippen LogP contribution in [0.1, 0.15) is 31.7 Å². The zero-order valence-electron chi connectivity index (χ0n) is 9.83. The molecule has 1 aliphatic carbocycles. The van der Waals surface area contributed by atoms with Gasteiger partial charge in [0.05, 0.1) is 13.2 Å². The van der Waals surface area contributed by atoms with Gasteiger partial charge in [0, 0.05) is 11.5 Å². The van der Waals surface area contributed by atoms with Crippen molar-refractivity contribution in [2.75, 3.05) is 7.11 Å². The van der Waals surface area contributed by atoms with Crippen molar-refractivity contribution in [1.29, 1.82) is 0 Å². The smallest absolute Gasteiger partial charge is 0.130 e. The van der Waals surface area contributed by atoms with Crippen molar-refractivity contribution in [3.8, 4) is 5.75 Å². The average Bonchev–Trinajstić information content (AvgIpc) is 2.26. The quantitative estimate of drug-likeness (QED) is 0.837. The van der Waals surface area contributed by atoms with Crippen molar-refractivity contribution in [2.45, 2.75) is 32.3 Å². The molecule has 88 valence electrons. The number of hydrogen-bond acceptors (Lipinski definition) is 2. The molecule has 1 aliphatic rings. The Morgan fingerprint density at radius 3 is 2.62 bits per heavy atom. The van der Waals surface area contributed by atoms with E-state index < -0.39 is 0 Å². The molecule has 0 aromatic heterocycles. The lowest BCUT2D eigenvalue weighted by Gasteiger charge is -2.49. The summed E-state index contributed by atoms with van der Waals surface area (Å²) >= 11 is 0. The number of hydrogen-bond donors (Lipinski definition) is 1. The number of halogens is 1. The van der Waals surface area contributed by atoms with Crippen molar-refractivity contribution in [3.05, 3.63) is 29.6 Å². The Morgan fingerprint density at radius 1 is 1.44 bits per heavy atom. The molecule has 0 heterocycles. The maximum atomic E-state index is 13.8. The van der Waals surface area contributed by atoms with Gasteiger partial charge in [-0.3, -0.25) is 0 Å². The second-order valence-electron chi connectivity index (χ2n) is 4.98. The molecule has 1 aromatic rings. The standard InChI is InChI=1S/C13H17FO2/c1-13(2)8(7-11(13)15)12-9(14)5-4-6-10(12)16-3/h4-6,8,11,15H,7H2,1-3H3. The van der Waals surface area contributed by atoms with Gasteiger partial charge in [-0.05, 0) is 24.0 Å². The van der Waals surface area contributed by atoms with Crippen molar-refractivity contribution in [1.82, 2.24) is 0 Å². The Hall–Kier alpha value is -1.09. The largest absolute Gasteiger partial charge is 0.496 e. The van der Waals surface area contributed by atoms with Gasteiger partial charge in [0.2, 0.25) is 0 Å². The predicted octanol–water partition coefficient (Wildman–Crippen LogP) is 2.71. The molecule has 0 spiro atoms. The monoisotopic (exact) mass is 224 g/mol. The van der Waals surface area contributed by atoms with Crippen LogP contribution >= 0.6 is 0 Å². The van der Waals surface area contributed by atoms with Crippen LogP contribution in [0.25, 0.3) is 0 Å². The van der Waals surface area contributed by atoms with Crippen LogP contribution in [0.4, 0.5) is 4.39 Å². The third kappa shape index (κ3) is 1.50. The summed E-state index contributed by atoms with van der Waals surface area (Å²) < 4.78 is 19.0. The van der Waals surface area contributed by atoms with Gasteiger partial charge in [0.25, 0.3) is 0 Å². The lowest BCUT2D eigenvalue weighted by atomic mass is 9.57. The highest BCUT2D eigenvalue weighted by atomic mass is 19.1. The summed E-state index contributed by atoms with van der Waals surface area (Å²) in [5.74, 6) is 0.355. The molecule has 2 rings (SSSR count). The molecule has 1 aromatic carbocycles. The molecule has 2 atom stereocenters. The molecule has 0 saturated heterocycles. The topological polar surface area (TPSA) is 29.5 Å². The van der Waals surface area contributed by atoms with Gasteiger partial charge in [0.1, 0.15) is 11.6 Å². The number of aliphatic hydroxyl groups is 1. The van der Waals surface area contributed by atoms with Crippen LogP contribution in [-0.4, -0.2) is 18.3 Å². The Kier molecular flexibility index (Phi) is 2.66. The van der Waals surface area contributed by atoms with Gasteiger partial charge in [-0.25, -0.2) is 4.39 Å². The molecular formula is C13H17FO2. The van der Waals surface area contributed by atoms with E-state index in [1.807, 2.05) is 13.8 Å². The van der Waals surface area contributed by atoms with Gasteiger partial charge >= 0.3 is 0 Å². The summed E-state index contributed by atoms with van der Waals surface area (Å²) in [6.45, 7) is 3.91. The van der Waals surface area contributed by atoms with E-state index in [-0.39, 0.29) is 23.3 Å². The molecule has 3 heteroatoms. The Morgan fingerprint density at radius 2 is 2.12 bits per heavy atom. The highest BCUT2D eigenvalue weighted by Gasteiger charge is 2.49. The van der Waals surface area contributed by atoms with Crippen molar-refractivity contribution in [2.24, 2.45) is 5.41 Å². The van der Waals surface area contributed by atoms with Gasteiger partial charge in [-0.15, -0.1) is 0 Å². The van der Waals surface area contributed by atoms with E-state index in [0.29, 0.717) is 17.7 Å². The van der Waals surface area contributed by atoms with Crippen molar-refractivity contribution < 1.29 is 14.2 Å². The number of ether oxygens (including phenoxy) is 1. The summed E-state index contributed by atoms with van der Waals surface area (Å²) in [7, 11) is 1.54. The fraction of sp³-hybridized carbons (Fsp3) is 0.538. The normalized spacial score (nSPS) is 27.3. The summed E-state index contributed by atoms with van der Waals surface area (Å²) in [5, 5.41) is 9.70. The van der Waals surface area contributed by atoms with Crippen LogP contribution in [0.5, 0.6) is 5.75 Å². The molecule has 1 fully saturated rings. The molecule has 1 N–H and O–H groups in total. The Bertz CT molecular complexity index is 401. The molecule has 0 amide bonds. The van der Waals surface area contributed by atoms with E-state index >= 15 is 0 Å². The van der Waals surface area contributed by atoms with Crippen LogP contribution in [0, 0.1) is 11.2 Å². The highest BCUT2D eigenvalue weighted by Crippen LogP contribution is 2.54. The summed E-state index contributed by atoms with van der Waals surface area (Å²) in [6.07, 6.45) is 0.242. The zero-order chi connectivity index (χ0) is 11.9. The number of rotatable bonds is 2. The van der Waals surface area contributed by atoms with Crippen molar-refractivity contribution >= 4 is 0 Å². The minimum atomic E-state index is -0.359. The first kappa shape index (κ1) is 11.4. The van der Waals surface area contributed by atoms with E-state index in [9.17, 15) is 9.50 Å². The summed E-state index contributed by atoms with van der Waals surface area (Å²) in [5.41, 5.74) is 0.315. The minimum Gasteiger partial charge on any atom is -0.496 e. The van der Waals surface area contributed by atoms with Crippen molar-refractivity contribution in [3.63, 3.8) is 0 Å². The lowest BCUT2D eigenvalue weighted by molar-refractivity contribution is -0.0641.